The van der Waals surface area contributed by atoms with Crippen LogP contribution in [0.4, 0.5) is 0 Å². The lowest BCUT2D eigenvalue weighted by Crippen LogP contribution is -2.53. The highest BCUT2D eigenvalue weighted by Crippen LogP contribution is 2.43. The second kappa shape index (κ2) is 5.29. The van der Waals surface area contributed by atoms with Crippen LogP contribution in [0.5, 0.6) is 5.75 Å². The van der Waals surface area contributed by atoms with Gasteiger partial charge in [0, 0.05) is 11.0 Å². The highest BCUT2D eigenvalue weighted by molar-refractivity contribution is 5.44. The molecule has 2 rings (SSSR count). The summed E-state index contributed by atoms with van der Waals surface area (Å²) in [7, 11) is 1.73. The molecule has 1 aliphatic rings. The first-order valence-corrected chi connectivity index (χ1v) is 6.63. The van der Waals surface area contributed by atoms with Crippen LogP contribution >= 0.6 is 0 Å². The summed E-state index contributed by atoms with van der Waals surface area (Å²) < 4.78 is 11.0. The molecular weight excluding hydrogens is 226 g/mol. The minimum atomic E-state index is 0.0330. The summed E-state index contributed by atoms with van der Waals surface area (Å²) in [5, 5.41) is 0. The van der Waals surface area contributed by atoms with Gasteiger partial charge in [-0.1, -0.05) is 26.0 Å². The van der Waals surface area contributed by atoms with Crippen molar-refractivity contribution in [1.82, 2.24) is 0 Å². The van der Waals surface area contributed by atoms with Crippen molar-refractivity contribution in [3.05, 3.63) is 29.3 Å². The molecule has 1 aliphatic heterocycles. The van der Waals surface area contributed by atoms with Crippen molar-refractivity contribution in [2.75, 3.05) is 26.9 Å². The van der Waals surface area contributed by atoms with Crippen molar-refractivity contribution in [3.63, 3.8) is 0 Å². The van der Waals surface area contributed by atoms with E-state index in [0.717, 1.165) is 25.4 Å². The average Bonchev–Trinajstić information content (AvgIpc) is 2.37. The highest BCUT2D eigenvalue weighted by Gasteiger charge is 2.46. The number of ether oxygens (including phenoxy) is 2. The minimum Gasteiger partial charge on any atom is -0.496 e. The third-order valence-electron chi connectivity index (χ3n) is 4.22. The normalized spacial score (nSPS) is 19.1. The van der Waals surface area contributed by atoms with Gasteiger partial charge in [-0.15, -0.1) is 0 Å². The molecule has 1 saturated heterocycles. The molecular formula is C15H23NO2. The lowest BCUT2D eigenvalue weighted by Gasteiger charge is -2.46. The van der Waals surface area contributed by atoms with Crippen molar-refractivity contribution in [2.45, 2.75) is 25.7 Å². The summed E-state index contributed by atoms with van der Waals surface area (Å²) >= 11 is 0. The van der Waals surface area contributed by atoms with Gasteiger partial charge in [0.05, 0.1) is 20.3 Å². The van der Waals surface area contributed by atoms with E-state index in [-0.39, 0.29) is 5.41 Å². The SMILES string of the molecule is CCc1ccc(OC)c(C2(C(C)CN)COC2)c1. The lowest BCUT2D eigenvalue weighted by molar-refractivity contribution is -0.0863. The summed E-state index contributed by atoms with van der Waals surface area (Å²) in [6, 6.07) is 6.45. The van der Waals surface area contributed by atoms with E-state index in [9.17, 15) is 0 Å². The Kier molecular flexibility index (Phi) is 3.93. The molecule has 0 amide bonds. The maximum Gasteiger partial charge on any atom is 0.122 e. The minimum absolute atomic E-state index is 0.0330. The summed E-state index contributed by atoms with van der Waals surface area (Å²) in [6.07, 6.45) is 1.03. The molecule has 1 unspecified atom stereocenters. The van der Waals surface area contributed by atoms with Gasteiger partial charge in [-0.3, -0.25) is 0 Å². The van der Waals surface area contributed by atoms with Crippen molar-refractivity contribution < 1.29 is 9.47 Å². The van der Waals surface area contributed by atoms with Gasteiger partial charge < -0.3 is 15.2 Å². The molecule has 1 heterocycles. The van der Waals surface area contributed by atoms with Gasteiger partial charge in [0.1, 0.15) is 5.75 Å². The first-order valence-electron chi connectivity index (χ1n) is 6.63. The van der Waals surface area contributed by atoms with Crippen molar-refractivity contribution >= 4 is 0 Å². The molecule has 0 spiro atoms. The maximum absolute atomic E-state index is 5.87. The summed E-state index contributed by atoms with van der Waals surface area (Å²) in [5.74, 6) is 1.35. The zero-order valence-corrected chi connectivity index (χ0v) is 11.5. The Balaban J connectivity index is 2.46. The van der Waals surface area contributed by atoms with Crippen LogP contribution in [0, 0.1) is 5.92 Å². The van der Waals surface area contributed by atoms with Crippen LogP contribution in [0.3, 0.4) is 0 Å². The smallest absolute Gasteiger partial charge is 0.122 e. The van der Waals surface area contributed by atoms with Crippen LogP contribution in [0.1, 0.15) is 25.0 Å². The van der Waals surface area contributed by atoms with Gasteiger partial charge in [0.2, 0.25) is 0 Å². The summed E-state index contributed by atoms with van der Waals surface area (Å²) in [4.78, 5) is 0. The fourth-order valence-electron chi connectivity index (χ4n) is 2.62. The molecule has 0 aromatic heterocycles. The van der Waals surface area contributed by atoms with Crippen molar-refractivity contribution in [2.24, 2.45) is 11.7 Å². The van der Waals surface area contributed by atoms with Crippen LogP contribution in [0.2, 0.25) is 0 Å². The number of benzene rings is 1. The van der Waals surface area contributed by atoms with E-state index in [2.05, 4.69) is 32.0 Å². The second-order valence-electron chi connectivity index (χ2n) is 5.17. The van der Waals surface area contributed by atoms with E-state index in [0.29, 0.717) is 12.5 Å². The second-order valence-corrected chi connectivity index (χ2v) is 5.17. The molecule has 2 N–H and O–H groups in total. The number of hydrogen-bond acceptors (Lipinski definition) is 3. The summed E-state index contributed by atoms with van der Waals surface area (Å²) in [5.41, 5.74) is 8.50. The number of methoxy groups -OCH3 is 1. The Labute approximate surface area is 109 Å². The third-order valence-corrected chi connectivity index (χ3v) is 4.22. The van der Waals surface area contributed by atoms with Crippen LogP contribution in [-0.2, 0) is 16.6 Å². The van der Waals surface area contributed by atoms with Crippen LogP contribution in [0.15, 0.2) is 18.2 Å². The van der Waals surface area contributed by atoms with Crippen molar-refractivity contribution in [3.8, 4) is 5.75 Å². The van der Waals surface area contributed by atoms with Gasteiger partial charge in [0.25, 0.3) is 0 Å². The molecule has 18 heavy (non-hydrogen) atoms. The molecule has 1 aromatic carbocycles. The predicted molar refractivity (Wildman–Crippen MR) is 73.1 cm³/mol. The average molecular weight is 249 g/mol. The van der Waals surface area contributed by atoms with Gasteiger partial charge in [0.15, 0.2) is 0 Å². The van der Waals surface area contributed by atoms with Gasteiger partial charge in [-0.2, -0.15) is 0 Å². The van der Waals surface area contributed by atoms with Gasteiger partial charge in [-0.05, 0) is 30.5 Å². The van der Waals surface area contributed by atoms with Crippen LogP contribution in [0.25, 0.3) is 0 Å². The highest BCUT2D eigenvalue weighted by atomic mass is 16.5. The largest absolute Gasteiger partial charge is 0.496 e. The topological polar surface area (TPSA) is 44.5 Å². The molecule has 0 aliphatic carbocycles. The Morgan fingerprint density at radius 3 is 2.61 bits per heavy atom. The Morgan fingerprint density at radius 2 is 2.17 bits per heavy atom. The van der Waals surface area contributed by atoms with E-state index < -0.39 is 0 Å². The molecule has 3 nitrogen and oxygen atoms in total. The standard InChI is InChI=1S/C15H23NO2/c1-4-12-5-6-14(17-3)13(7-12)15(9-18-10-15)11(2)8-16/h5-7,11H,4,8-10,16H2,1-3H3. The Morgan fingerprint density at radius 1 is 1.44 bits per heavy atom. The zero-order valence-electron chi connectivity index (χ0n) is 11.5. The molecule has 0 bridgehead atoms. The monoisotopic (exact) mass is 249 g/mol. The number of nitrogens with two attached hydrogens (primary N) is 1. The number of aryl methyl sites for hydroxylation is 1. The van der Waals surface area contributed by atoms with Crippen LogP contribution in [-0.4, -0.2) is 26.9 Å². The predicted octanol–water partition coefficient (Wildman–Crippen LogP) is 2.12. The van der Waals surface area contributed by atoms with E-state index in [1.165, 1.54) is 11.1 Å². The van der Waals surface area contributed by atoms with Gasteiger partial charge in [-0.25, -0.2) is 0 Å². The first-order chi connectivity index (χ1) is 8.67. The Bertz CT molecular complexity index is 413. The molecule has 1 atom stereocenters. The zero-order chi connectivity index (χ0) is 13.2. The maximum atomic E-state index is 5.87. The molecule has 1 fully saturated rings. The van der Waals surface area contributed by atoms with E-state index in [1.54, 1.807) is 7.11 Å². The lowest BCUT2D eigenvalue weighted by atomic mass is 9.68. The quantitative estimate of drug-likeness (QED) is 0.869. The molecule has 1 aromatic rings. The van der Waals surface area contributed by atoms with E-state index in [1.807, 2.05) is 0 Å². The fourth-order valence-corrected chi connectivity index (χ4v) is 2.62. The van der Waals surface area contributed by atoms with E-state index in [4.69, 9.17) is 15.2 Å². The molecule has 0 saturated carbocycles. The first kappa shape index (κ1) is 13.4. The molecule has 100 valence electrons. The molecule has 3 heteroatoms. The number of rotatable bonds is 5. The van der Waals surface area contributed by atoms with E-state index >= 15 is 0 Å². The fraction of sp³-hybridized carbons (Fsp3) is 0.600. The van der Waals surface area contributed by atoms with Crippen LogP contribution < -0.4 is 10.5 Å². The van der Waals surface area contributed by atoms with Crippen molar-refractivity contribution in [1.29, 1.82) is 0 Å². The number of hydrogen-bond donors (Lipinski definition) is 1. The summed E-state index contributed by atoms with van der Waals surface area (Å²) in [6.45, 7) is 6.52. The van der Waals surface area contributed by atoms with Gasteiger partial charge >= 0.3 is 0 Å². The molecule has 0 radical (unpaired) electrons. The third kappa shape index (κ3) is 2.02. The Hall–Kier alpha value is -1.06.